The Morgan fingerprint density at radius 3 is 1.50 bits per heavy atom. The highest BCUT2D eigenvalue weighted by Gasteiger charge is 2.56. The first kappa shape index (κ1) is 20.9. The lowest BCUT2D eigenvalue weighted by atomic mass is 9.82. The fourth-order valence-electron chi connectivity index (χ4n) is 1.98. The van der Waals surface area contributed by atoms with Crippen molar-refractivity contribution in [3.05, 3.63) is 0 Å². The predicted octanol–water partition coefficient (Wildman–Crippen LogP) is 2.62. The predicted molar refractivity (Wildman–Crippen MR) is 84.6 cm³/mol. The van der Waals surface area contributed by atoms with Gasteiger partial charge in [0.25, 0.3) is 5.41 Å². The third-order valence-electron chi connectivity index (χ3n) is 3.06. The number of ether oxygens (including phenoxy) is 3. The smallest absolute Gasteiger partial charge is 0.335 e. The molecular formula is C15H25BrO6. The van der Waals surface area contributed by atoms with Crippen LogP contribution in [0.1, 0.15) is 46.5 Å². The number of unbranched alkanes of at least 4 members (excludes halogenated alkanes) is 2. The molecule has 0 atom stereocenters. The molecule has 22 heavy (non-hydrogen) atoms. The van der Waals surface area contributed by atoms with Gasteiger partial charge in [-0.25, -0.2) is 0 Å². The fraction of sp³-hybridized carbons (Fsp3) is 0.800. The van der Waals surface area contributed by atoms with Crippen molar-refractivity contribution in [3.8, 4) is 0 Å². The van der Waals surface area contributed by atoms with Crippen LogP contribution >= 0.6 is 15.9 Å². The maximum atomic E-state index is 12.3. The van der Waals surface area contributed by atoms with Crippen LogP contribution in [0.3, 0.4) is 0 Å². The van der Waals surface area contributed by atoms with Crippen molar-refractivity contribution in [1.29, 1.82) is 0 Å². The van der Waals surface area contributed by atoms with Gasteiger partial charge in [-0.1, -0.05) is 28.8 Å². The normalized spacial score (nSPS) is 10.9. The minimum atomic E-state index is -2.02. The van der Waals surface area contributed by atoms with Gasteiger partial charge in [0.1, 0.15) is 0 Å². The highest BCUT2D eigenvalue weighted by Crippen LogP contribution is 2.31. The van der Waals surface area contributed by atoms with E-state index in [2.05, 4.69) is 15.9 Å². The van der Waals surface area contributed by atoms with Gasteiger partial charge in [0.15, 0.2) is 0 Å². The Bertz CT molecular complexity index is 323. The Balaban J connectivity index is 5.43. The third-order valence-corrected chi connectivity index (χ3v) is 3.62. The Morgan fingerprint density at radius 1 is 0.773 bits per heavy atom. The van der Waals surface area contributed by atoms with E-state index in [1.807, 2.05) is 0 Å². The summed E-state index contributed by atoms with van der Waals surface area (Å²) in [5.41, 5.74) is -2.02. The van der Waals surface area contributed by atoms with Crippen LogP contribution in [0.25, 0.3) is 0 Å². The molecule has 0 N–H and O–H groups in total. The van der Waals surface area contributed by atoms with Gasteiger partial charge in [-0.2, -0.15) is 0 Å². The summed E-state index contributed by atoms with van der Waals surface area (Å²) in [5.74, 6) is -2.69. The zero-order chi connectivity index (χ0) is 17.0. The first-order valence-corrected chi connectivity index (χ1v) is 8.70. The van der Waals surface area contributed by atoms with Crippen LogP contribution in [-0.2, 0) is 28.6 Å². The van der Waals surface area contributed by atoms with Crippen LogP contribution in [0.4, 0.5) is 0 Å². The molecule has 0 aromatic heterocycles. The lowest BCUT2D eigenvalue weighted by molar-refractivity contribution is -0.184. The lowest BCUT2D eigenvalue weighted by Crippen LogP contribution is -2.49. The highest BCUT2D eigenvalue weighted by atomic mass is 79.9. The molecule has 0 spiro atoms. The number of halogens is 1. The molecule has 128 valence electrons. The third kappa shape index (κ3) is 5.59. The number of esters is 3. The number of rotatable bonds is 11. The summed E-state index contributed by atoms with van der Waals surface area (Å²) in [7, 11) is 0. The van der Waals surface area contributed by atoms with Gasteiger partial charge in [-0.05, 0) is 33.6 Å². The fourth-order valence-corrected chi connectivity index (χ4v) is 2.38. The molecule has 0 unspecified atom stereocenters. The molecule has 0 radical (unpaired) electrons. The van der Waals surface area contributed by atoms with Crippen molar-refractivity contribution in [2.24, 2.45) is 5.41 Å². The second-order valence-corrected chi connectivity index (χ2v) is 5.36. The van der Waals surface area contributed by atoms with E-state index in [1.165, 1.54) is 0 Å². The van der Waals surface area contributed by atoms with Crippen LogP contribution in [0.2, 0.25) is 0 Å². The van der Waals surface area contributed by atoms with Crippen LogP contribution in [0, 0.1) is 5.41 Å². The zero-order valence-electron chi connectivity index (χ0n) is 13.5. The van der Waals surface area contributed by atoms with Crippen molar-refractivity contribution in [3.63, 3.8) is 0 Å². The highest BCUT2D eigenvalue weighted by molar-refractivity contribution is 9.09. The molecule has 0 aliphatic carbocycles. The van der Waals surface area contributed by atoms with E-state index < -0.39 is 23.3 Å². The molecule has 0 heterocycles. The van der Waals surface area contributed by atoms with Crippen molar-refractivity contribution in [2.75, 3.05) is 25.2 Å². The van der Waals surface area contributed by atoms with Crippen molar-refractivity contribution < 1.29 is 28.6 Å². The molecular weight excluding hydrogens is 356 g/mol. The van der Waals surface area contributed by atoms with Crippen molar-refractivity contribution in [1.82, 2.24) is 0 Å². The summed E-state index contributed by atoms with van der Waals surface area (Å²) in [6.07, 6.45) is 2.19. The van der Waals surface area contributed by atoms with Crippen molar-refractivity contribution >= 4 is 33.8 Å². The molecule has 0 saturated carbocycles. The van der Waals surface area contributed by atoms with E-state index in [4.69, 9.17) is 14.2 Å². The first-order valence-electron chi connectivity index (χ1n) is 7.58. The van der Waals surface area contributed by atoms with E-state index in [-0.39, 0.29) is 26.2 Å². The standard InChI is InChI=1S/C15H25BrO6/c1-4-20-12(17)15(13(18)21-5-2,14(19)22-6-3)10-8-7-9-11-16/h4-11H2,1-3H3. The summed E-state index contributed by atoms with van der Waals surface area (Å²) in [5, 5.41) is 0.818. The Hall–Kier alpha value is -1.11. The van der Waals surface area contributed by atoms with Gasteiger partial charge in [0.05, 0.1) is 19.8 Å². The first-order chi connectivity index (χ1) is 10.5. The lowest BCUT2D eigenvalue weighted by Gasteiger charge is -2.26. The van der Waals surface area contributed by atoms with E-state index >= 15 is 0 Å². The molecule has 0 fully saturated rings. The summed E-state index contributed by atoms with van der Waals surface area (Å²) in [6, 6.07) is 0. The van der Waals surface area contributed by atoms with Crippen LogP contribution in [0.5, 0.6) is 0 Å². The van der Waals surface area contributed by atoms with Crippen LogP contribution in [-0.4, -0.2) is 43.1 Å². The van der Waals surface area contributed by atoms with Crippen LogP contribution in [0.15, 0.2) is 0 Å². The minimum Gasteiger partial charge on any atom is -0.465 e. The zero-order valence-corrected chi connectivity index (χ0v) is 15.1. The van der Waals surface area contributed by atoms with Gasteiger partial charge in [-0.3, -0.25) is 14.4 Å². The Labute approximate surface area is 140 Å². The van der Waals surface area contributed by atoms with Crippen molar-refractivity contribution in [2.45, 2.75) is 46.5 Å². The van der Waals surface area contributed by atoms with Gasteiger partial charge in [-0.15, -0.1) is 0 Å². The molecule has 0 saturated heterocycles. The Kier molecular flexibility index (Phi) is 10.9. The van der Waals surface area contributed by atoms with E-state index in [1.54, 1.807) is 20.8 Å². The molecule has 0 amide bonds. The summed E-state index contributed by atoms with van der Waals surface area (Å²) >= 11 is 3.32. The SMILES string of the molecule is CCOC(=O)C(CCCCCBr)(C(=O)OCC)C(=O)OCC. The number of hydrogen-bond acceptors (Lipinski definition) is 6. The molecule has 0 rings (SSSR count). The Morgan fingerprint density at radius 2 is 1.18 bits per heavy atom. The average Bonchev–Trinajstić information content (AvgIpc) is 2.48. The monoisotopic (exact) mass is 380 g/mol. The molecule has 0 aromatic rings. The number of hydrogen-bond donors (Lipinski definition) is 0. The molecule has 7 heteroatoms. The number of carbonyl (C=O) groups is 3. The maximum absolute atomic E-state index is 12.3. The van der Waals surface area contributed by atoms with E-state index in [0.717, 1.165) is 18.2 Å². The summed E-state index contributed by atoms with van der Waals surface area (Å²) in [4.78, 5) is 37.0. The molecule has 6 nitrogen and oxygen atoms in total. The van der Waals surface area contributed by atoms with Gasteiger partial charge >= 0.3 is 17.9 Å². The molecule has 0 aliphatic rings. The number of alkyl halides is 1. The summed E-state index contributed by atoms with van der Waals surface area (Å²) in [6.45, 7) is 5.06. The molecule has 0 bridgehead atoms. The van der Waals surface area contributed by atoms with Gasteiger partial charge in [0, 0.05) is 5.33 Å². The topological polar surface area (TPSA) is 78.9 Å². The van der Waals surface area contributed by atoms with Gasteiger partial charge in [0.2, 0.25) is 0 Å². The second kappa shape index (κ2) is 11.5. The van der Waals surface area contributed by atoms with E-state index in [0.29, 0.717) is 6.42 Å². The number of carbonyl (C=O) groups excluding carboxylic acids is 3. The quantitative estimate of drug-likeness (QED) is 0.180. The maximum Gasteiger partial charge on any atom is 0.335 e. The average molecular weight is 381 g/mol. The summed E-state index contributed by atoms with van der Waals surface area (Å²) < 4.78 is 14.8. The second-order valence-electron chi connectivity index (χ2n) is 4.57. The minimum absolute atomic E-state index is 0.0243. The largest absolute Gasteiger partial charge is 0.465 e. The van der Waals surface area contributed by atoms with Gasteiger partial charge < -0.3 is 14.2 Å². The molecule has 0 aromatic carbocycles. The van der Waals surface area contributed by atoms with Crippen LogP contribution < -0.4 is 0 Å². The van der Waals surface area contributed by atoms with E-state index in [9.17, 15) is 14.4 Å². The molecule has 0 aliphatic heterocycles.